The molecule has 1 saturated heterocycles. The Hall–Kier alpha value is -1.40. The minimum Gasteiger partial charge on any atom is -0.368 e. The summed E-state index contributed by atoms with van der Waals surface area (Å²) in [6.07, 6.45) is 2.29. The maximum Gasteiger partial charge on any atom is 0.253 e. The number of carbonyl (C=O) groups is 1. The van der Waals surface area contributed by atoms with Gasteiger partial charge >= 0.3 is 0 Å². The molecule has 0 aromatic heterocycles. The van der Waals surface area contributed by atoms with E-state index in [2.05, 4.69) is 5.32 Å². The zero-order valence-corrected chi connectivity index (χ0v) is 14.1. The third kappa shape index (κ3) is 3.67. The Morgan fingerprint density at radius 3 is 2.32 bits per heavy atom. The van der Waals surface area contributed by atoms with Gasteiger partial charge in [-0.05, 0) is 64.3 Å². The number of ether oxygens (including phenoxy) is 1. The molecule has 22 heavy (non-hydrogen) atoms. The maximum atomic E-state index is 12.3. The van der Waals surface area contributed by atoms with Gasteiger partial charge in [0.05, 0.1) is 9.64 Å². The molecule has 0 aliphatic carbocycles. The Morgan fingerprint density at radius 1 is 1.18 bits per heavy atom. The van der Waals surface area contributed by atoms with Crippen LogP contribution in [0.2, 0.25) is 0 Å². The summed E-state index contributed by atoms with van der Waals surface area (Å²) in [6.45, 7) is 5.61. The number of benzene rings is 1. The normalized spacial score (nSPS) is 19.7. The quantitative estimate of drug-likeness (QED) is 0.927. The van der Waals surface area contributed by atoms with Crippen molar-refractivity contribution >= 4 is 21.4 Å². The molecule has 1 N–H and O–H groups in total. The third-order valence-electron chi connectivity index (χ3n) is 3.71. The number of nitrogens with one attached hydrogen (secondary N) is 1. The summed E-state index contributed by atoms with van der Waals surface area (Å²) in [5.74, 6) is -0.175. The highest BCUT2D eigenvalue weighted by molar-refractivity contribution is 7.92. The second-order valence-electron chi connectivity index (χ2n) is 6.48. The van der Waals surface area contributed by atoms with Crippen molar-refractivity contribution in [3.8, 4) is 0 Å². The highest BCUT2D eigenvalue weighted by Crippen LogP contribution is 2.26. The minimum absolute atomic E-state index is 0.175. The second-order valence-corrected chi connectivity index (χ2v) is 9.19. The molecule has 0 bridgehead atoms. The van der Waals surface area contributed by atoms with E-state index in [4.69, 9.17) is 4.74 Å². The van der Waals surface area contributed by atoms with Crippen LogP contribution in [0, 0.1) is 0 Å². The molecule has 1 fully saturated rings. The van der Waals surface area contributed by atoms with Gasteiger partial charge in [-0.2, -0.15) is 0 Å². The highest BCUT2D eigenvalue weighted by Gasteiger charge is 2.30. The summed E-state index contributed by atoms with van der Waals surface area (Å²) < 4.78 is 29.2. The zero-order valence-electron chi connectivity index (χ0n) is 13.3. The predicted octanol–water partition coefficient (Wildman–Crippen LogP) is 2.77. The molecule has 1 heterocycles. The molecule has 0 radical (unpaired) electrons. The lowest BCUT2D eigenvalue weighted by Gasteiger charge is -2.22. The van der Waals surface area contributed by atoms with Gasteiger partial charge in [0, 0.05) is 12.3 Å². The van der Waals surface area contributed by atoms with Crippen molar-refractivity contribution in [2.24, 2.45) is 0 Å². The molecule has 0 saturated carbocycles. The van der Waals surface area contributed by atoms with E-state index in [1.807, 2.05) is 0 Å². The lowest BCUT2D eigenvalue weighted by molar-refractivity contribution is -0.129. The number of hydrogen-bond acceptors (Lipinski definition) is 4. The minimum atomic E-state index is -3.38. The van der Waals surface area contributed by atoms with Crippen molar-refractivity contribution in [3.05, 3.63) is 24.3 Å². The van der Waals surface area contributed by atoms with Crippen LogP contribution in [0.25, 0.3) is 0 Å². The Balaban J connectivity index is 2.08. The van der Waals surface area contributed by atoms with Gasteiger partial charge in [0.2, 0.25) is 0 Å². The molecule has 122 valence electrons. The van der Waals surface area contributed by atoms with Gasteiger partial charge in [-0.15, -0.1) is 0 Å². The third-order valence-corrected chi connectivity index (χ3v) is 6.22. The predicted molar refractivity (Wildman–Crippen MR) is 85.6 cm³/mol. The lowest BCUT2D eigenvalue weighted by Crippen LogP contribution is -2.33. The van der Waals surface area contributed by atoms with E-state index in [-0.39, 0.29) is 10.8 Å². The largest absolute Gasteiger partial charge is 0.368 e. The molecule has 1 atom stereocenters. The van der Waals surface area contributed by atoms with Crippen LogP contribution in [0.5, 0.6) is 0 Å². The first-order valence-corrected chi connectivity index (χ1v) is 8.97. The van der Waals surface area contributed by atoms with Crippen molar-refractivity contribution in [3.63, 3.8) is 0 Å². The summed E-state index contributed by atoms with van der Waals surface area (Å²) in [6, 6.07) is 6.27. The van der Waals surface area contributed by atoms with E-state index < -0.39 is 20.7 Å². The highest BCUT2D eigenvalue weighted by atomic mass is 32.2. The number of amides is 1. The topological polar surface area (TPSA) is 72.5 Å². The first-order valence-electron chi connectivity index (χ1n) is 7.49. The summed E-state index contributed by atoms with van der Waals surface area (Å²) in [4.78, 5) is 12.3. The summed E-state index contributed by atoms with van der Waals surface area (Å²) >= 11 is 0. The Kier molecular flexibility index (Phi) is 4.92. The molecule has 2 rings (SSSR count). The number of anilines is 1. The van der Waals surface area contributed by atoms with Crippen LogP contribution >= 0.6 is 0 Å². The van der Waals surface area contributed by atoms with E-state index in [9.17, 15) is 13.2 Å². The zero-order chi connectivity index (χ0) is 16.4. The summed E-state index contributed by atoms with van der Waals surface area (Å²) in [5, 5.41) is 2.77. The lowest BCUT2D eigenvalue weighted by atomic mass is 10.1. The van der Waals surface area contributed by atoms with Crippen LogP contribution in [0.3, 0.4) is 0 Å². The van der Waals surface area contributed by atoms with Gasteiger partial charge < -0.3 is 10.1 Å². The van der Waals surface area contributed by atoms with E-state index in [0.717, 1.165) is 19.3 Å². The van der Waals surface area contributed by atoms with Crippen LogP contribution in [-0.4, -0.2) is 31.8 Å². The molecule has 0 unspecified atom stereocenters. The van der Waals surface area contributed by atoms with Crippen LogP contribution in [0.15, 0.2) is 29.2 Å². The number of rotatable bonds is 3. The van der Waals surface area contributed by atoms with E-state index in [1.165, 1.54) is 12.1 Å². The van der Waals surface area contributed by atoms with Gasteiger partial charge in [-0.25, -0.2) is 8.42 Å². The van der Waals surface area contributed by atoms with Crippen LogP contribution in [0.1, 0.15) is 40.0 Å². The Labute approximate surface area is 132 Å². The van der Waals surface area contributed by atoms with Gasteiger partial charge in [-0.3, -0.25) is 4.79 Å². The molecule has 6 heteroatoms. The number of hydrogen-bond donors (Lipinski definition) is 1. The fourth-order valence-corrected chi connectivity index (χ4v) is 3.44. The SMILES string of the molecule is CC(C)(C)S(=O)(=O)c1ccc(NC(=O)[C@H]2CCCCO2)cc1. The average Bonchev–Trinajstić information content (AvgIpc) is 2.47. The van der Waals surface area contributed by atoms with E-state index >= 15 is 0 Å². The first-order chi connectivity index (χ1) is 10.2. The molecule has 1 aromatic rings. The van der Waals surface area contributed by atoms with E-state index in [1.54, 1.807) is 32.9 Å². The van der Waals surface area contributed by atoms with Crippen LogP contribution in [0.4, 0.5) is 5.69 Å². The Morgan fingerprint density at radius 2 is 1.82 bits per heavy atom. The fourth-order valence-electron chi connectivity index (χ4n) is 2.24. The standard InChI is InChI=1S/C16H23NO4S/c1-16(2,3)22(19,20)13-9-7-12(8-10-13)17-15(18)14-6-4-5-11-21-14/h7-10,14H,4-6,11H2,1-3H3,(H,17,18)/t14-/m1/s1. The van der Waals surface area contributed by atoms with Gasteiger partial charge in [0.25, 0.3) is 5.91 Å². The van der Waals surface area contributed by atoms with Crippen LogP contribution in [-0.2, 0) is 19.4 Å². The van der Waals surface area contributed by atoms with Crippen molar-refractivity contribution in [1.82, 2.24) is 0 Å². The molecule has 1 amide bonds. The number of sulfone groups is 1. The van der Waals surface area contributed by atoms with Crippen molar-refractivity contribution < 1.29 is 17.9 Å². The molecule has 0 spiro atoms. The molecule has 5 nitrogen and oxygen atoms in total. The molecule has 1 aromatic carbocycles. The van der Waals surface area contributed by atoms with E-state index in [0.29, 0.717) is 12.3 Å². The van der Waals surface area contributed by atoms with Crippen LogP contribution < -0.4 is 5.32 Å². The smallest absolute Gasteiger partial charge is 0.253 e. The number of carbonyl (C=O) groups excluding carboxylic acids is 1. The Bertz CT molecular complexity index is 623. The molecule has 1 aliphatic rings. The summed E-state index contributed by atoms with van der Waals surface area (Å²) in [7, 11) is -3.38. The average molecular weight is 325 g/mol. The monoisotopic (exact) mass is 325 g/mol. The fraction of sp³-hybridized carbons (Fsp3) is 0.562. The van der Waals surface area contributed by atoms with Gasteiger partial charge in [0.15, 0.2) is 9.84 Å². The first kappa shape index (κ1) is 17.0. The van der Waals surface area contributed by atoms with Crippen molar-refractivity contribution in [1.29, 1.82) is 0 Å². The molecular weight excluding hydrogens is 302 g/mol. The molecular formula is C16H23NO4S. The van der Waals surface area contributed by atoms with Gasteiger partial charge in [0.1, 0.15) is 6.10 Å². The van der Waals surface area contributed by atoms with Gasteiger partial charge in [-0.1, -0.05) is 0 Å². The second kappa shape index (κ2) is 6.38. The molecule has 1 aliphatic heterocycles. The maximum absolute atomic E-state index is 12.3. The summed E-state index contributed by atoms with van der Waals surface area (Å²) in [5.41, 5.74) is 0.576. The van der Waals surface area contributed by atoms with Crippen molar-refractivity contribution in [2.45, 2.75) is 55.8 Å². The van der Waals surface area contributed by atoms with Crippen molar-refractivity contribution in [2.75, 3.05) is 11.9 Å².